The lowest BCUT2D eigenvalue weighted by molar-refractivity contribution is -0.128. The smallest absolute Gasteiger partial charge is 0.223 e. The molecule has 120 valence electrons. The Kier molecular flexibility index (Phi) is 3.84. The molecule has 3 saturated carbocycles. The Bertz CT molecular complexity index is 411. The van der Waals surface area contributed by atoms with E-state index in [1.54, 1.807) is 0 Å². The molecule has 3 aliphatic rings. The van der Waals surface area contributed by atoms with E-state index >= 15 is 0 Å². The van der Waals surface area contributed by atoms with Crippen LogP contribution in [0, 0.1) is 28.6 Å². The van der Waals surface area contributed by atoms with Gasteiger partial charge in [-0.05, 0) is 74.2 Å². The molecule has 3 aliphatic carbocycles. The maximum absolute atomic E-state index is 12.6. The van der Waals surface area contributed by atoms with Crippen molar-refractivity contribution in [3.63, 3.8) is 0 Å². The largest absolute Gasteiger partial charge is 0.353 e. The second-order valence-electron chi connectivity index (χ2n) is 8.62. The highest BCUT2D eigenvalue weighted by molar-refractivity contribution is 5.79. The van der Waals surface area contributed by atoms with Gasteiger partial charge in [0.2, 0.25) is 5.91 Å². The third kappa shape index (κ3) is 2.32. The summed E-state index contributed by atoms with van der Waals surface area (Å²) in [7, 11) is 0. The second-order valence-corrected chi connectivity index (χ2v) is 8.62. The van der Waals surface area contributed by atoms with Gasteiger partial charge in [0.25, 0.3) is 0 Å². The number of hydrogen-bond acceptors (Lipinski definition) is 2. The first-order valence-electron chi connectivity index (χ1n) is 8.89. The average Bonchev–Trinajstić information content (AvgIpc) is 2.80. The SMILES string of the molecule is CC1(C)C2CCC1(C)C(NC(=O)C1CCC(CN)CC1)C2. The van der Waals surface area contributed by atoms with E-state index in [0.29, 0.717) is 28.7 Å². The summed E-state index contributed by atoms with van der Waals surface area (Å²) in [5, 5.41) is 3.44. The van der Waals surface area contributed by atoms with Crippen molar-refractivity contribution in [3.05, 3.63) is 0 Å². The maximum Gasteiger partial charge on any atom is 0.223 e. The lowest BCUT2D eigenvalue weighted by atomic mass is 9.69. The van der Waals surface area contributed by atoms with Gasteiger partial charge in [-0.2, -0.15) is 0 Å². The third-order valence-corrected chi connectivity index (χ3v) is 7.66. The molecule has 3 rings (SSSR count). The molecule has 3 nitrogen and oxygen atoms in total. The summed E-state index contributed by atoms with van der Waals surface area (Å²) in [5.41, 5.74) is 6.42. The lowest BCUT2D eigenvalue weighted by Crippen LogP contribution is -2.49. The Labute approximate surface area is 129 Å². The van der Waals surface area contributed by atoms with Crippen molar-refractivity contribution in [2.24, 2.45) is 34.3 Å². The van der Waals surface area contributed by atoms with Crippen LogP contribution < -0.4 is 11.1 Å². The number of hydrogen-bond donors (Lipinski definition) is 2. The highest BCUT2D eigenvalue weighted by Crippen LogP contribution is 2.65. The molecule has 0 aromatic carbocycles. The molecular formula is C18H32N2O. The Morgan fingerprint density at radius 2 is 1.81 bits per heavy atom. The standard InChI is InChI=1S/C18H32N2O/c1-17(2)14-8-9-18(17,3)15(10-14)20-16(21)13-6-4-12(11-19)5-7-13/h12-15H,4-11,19H2,1-3H3,(H,20,21). The van der Waals surface area contributed by atoms with E-state index in [1.165, 1.54) is 19.3 Å². The van der Waals surface area contributed by atoms with Crippen molar-refractivity contribution in [1.29, 1.82) is 0 Å². The zero-order valence-electron chi connectivity index (χ0n) is 14.0. The summed E-state index contributed by atoms with van der Waals surface area (Å²) >= 11 is 0. The van der Waals surface area contributed by atoms with Crippen molar-refractivity contribution >= 4 is 5.91 Å². The summed E-state index contributed by atoms with van der Waals surface area (Å²) in [6.45, 7) is 7.99. The van der Waals surface area contributed by atoms with Crippen LogP contribution in [0.3, 0.4) is 0 Å². The van der Waals surface area contributed by atoms with Gasteiger partial charge in [-0.25, -0.2) is 0 Å². The van der Waals surface area contributed by atoms with E-state index < -0.39 is 0 Å². The number of fused-ring (bicyclic) bond motifs is 2. The van der Waals surface area contributed by atoms with Crippen LogP contribution in [0.1, 0.15) is 65.7 Å². The van der Waals surface area contributed by atoms with E-state index in [2.05, 4.69) is 26.1 Å². The van der Waals surface area contributed by atoms with Gasteiger partial charge in [0.1, 0.15) is 0 Å². The van der Waals surface area contributed by atoms with Crippen LogP contribution in [-0.2, 0) is 4.79 Å². The summed E-state index contributed by atoms with van der Waals surface area (Å²) in [5.74, 6) is 1.99. The van der Waals surface area contributed by atoms with E-state index in [4.69, 9.17) is 5.73 Å². The quantitative estimate of drug-likeness (QED) is 0.840. The van der Waals surface area contributed by atoms with Crippen LogP contribution in [0.5, 0.6) is 0 Å². The monoisotopic (exact) mass is 292 g/mol. The van der Waals surface area contributed by atoms with Gasteiger partial charge in [-0.3, -0.25) is 4.79 Å². The summed E-state index contributed by atoms with van der Waals surface area (Å²) in [6.07, 6.45) is 8.13. The Hall–Kier alpha value is -0.570. The summed E-state index contributed by atoms with van der Waals surface area (Å²) < 4.78 is 0. The fraction of sp³-hybridized carbons (Fsp3) is 0.944. The van der Waals surface area contributed by atoms with E-state index in [9.17, 15) is 4.79 Å². The third-order valence-electron chi connectivity index (χ3n) is 7.66. The van der Waals surface area contributed by atoms with Crippen molar-refractivity contribution in [3.8, 4) is 0 Å². The molecule has 0 saturated heterocycles. The first-order valence-corrected chi connectivity index (χ1v) is 8.89. The van der Waals surface area contributed by atoms with Gasteiger partial charge in [-0.15, -0.1) is 0 Å². The van der Waals surface area contributed by atoms with Gasteiger partial charge >= 0.3 is 0 Å². The molecule has 0 heterocycles. The molecule has 21 heavy (non-hydrogen) atoms. The van der Waals surface area contributed by atoms with Gasteiger partial charge in [0, 0.05) is 12.0 Å². The molecule has 3 fully saturated rings. The number of amides is 1. The molecule has 0 aliphatic heterocycles. The average molecular weight is 292 g/mol. The molecule has 0 radical (unpaired) electrons. The second kappa shape index (κ2) is 5.26. The molecule has 3 N–H and O–H groups in total. The molecule has 1 amide bonds. The zero-order valence-corrected chi connectivity index (χ0v) is 14.0. The summed E-state index contributed by atoms with van der Waals surface area (Å²) in [6, 6.07) is 0.394. The number of nitrogens with one attached hydrogen (secondary N) is 1. The zero-order chi connectivity index (χ0) is 15.3. The first kappa shape index (κ1) is 15.3. The molecule has 0 aromatic heterocycles. The highest BCUT2D eigenvalue weighted by Gasteiger charge is 2.61. The molecule has 0 aromatic rings. The Morgan fingerprint density at radius 3 is 2.29 bits per heavy atom. The molecular weight excluding hydrogens is 260 g/mol. The van der Waals surface area contributed by atoms with Crippen molar-refractivity contribution in [1.82, 2.24) is 5.32 Å². The van der Waals surface area contributed by atoms with E-state index in [-0.39, 0.29) is 5.92 Å². The number of rotatable bonds is 3. The number of nitrogens with two attached hydrogens (primary N) is 1. The Balaban J connectivity index is 1.59. The molecule has 3 heteroatoms. The van der Waals surface area contributed by atoms with Crippen LogP contribution in [-0.4, -0.2) is 18.5 Å². The van der Waals surface area contributed by atoms with E-state index in [0.717, 1.165) is 38.1 Å². The molecule has 2 bridgehead atoms. The van der Waals surface area contributed by atoms with Crippen molar-refractivity contribution in [2.45, 2.75) is 71.8 Å². The summed E-state index contributed by atoms with van der Waals surface area (Å²) in [4.78, 5) is 12.6. The minimum absolute atomic E-state index is 0.235. The Morgan fingerprint density at radius 1 is 1.14 bits per heavy atom. The normalized spacial score (nSPS) is 44.8. The molecule has 3 unspecified atom stereocenters. The van der Waals surface area contributed by atoms with Crippen LogP contribution in [0.2, 0.25) is 0 Å². The van der Waals surface area contributed by atoms with E-state index in [1.807, 2.05) is 0 Å². The van der Waals surface area contributed by atoms with Gasteiger partial charge in [0.15, 0.2) is 0 Å². The fourth-order valence-corrected chi connectivity index (χ4v) is 5.37. The minimum atomic E-state index is 0.235. The predicted octanol–water partition coefficient (Wildman–Crippen LogP) is 3.08. The predicted molar refractivity (Wildman–Crippen MR) is 85.7 cm³/mol. The fourth-order valence-electron chi connectivity index (χ4n) is 5.37. The minimum Gasteiger partial charge on any atom is -0.353 e. The highest BCUT2D eigenvalue weighted by atomic mass is 16.2. The lowest BCUT2D eigenvalue weighted by Gasteiger charge is -2.40. The number of carbonyl (C=O) groups is 1. The van der Waals surface area contributed by atoms with Crippen LogP contribution >= 0.6 is 0 Å². The maximum atomic E-state index is 12.6. The van der Waals surface area contributed by atoms with Crippen LogP contribution in [0.15, 0.2) is 0 Å². The van der Waals surface area contributed by atoms with Gasteiger partial charge in [-0.1, -0.05) is 20.8 Å². The van der Waals surface area contributed by atoms with Crippen LogP contribution in [0.25, 0.3) is 0 Å². The van der Waals surface area contributed by atoms with Crippen molar-refractivity contribution < 1.29 is 4.79 Å². The first-order chi connectivity index (χ1) is 9.88. The molecule has 0 spiro atoms. The van der Waals surface area contributed by atoms with Crippen molar-refractivity contribution in [2.75, 3.05) is 6.54 Å². The van der Waals surface area contributed by atoms with Gasteiger partial charge in [0.05, 0.1) is 0 Å². The topological polar surface area (TPSA) is 55.1 Å². The van der Waals surface area contributed by atoms with Gasteiger partial charge < -0.3 is 11.1 Å². The van der Waals surface area contributed by atoms with Crippen LogP contribution in [0.4, 0.5) is 0 Å². The molecule has 3 atom stereocenters. The number of carbonyl (C=O) groups excluding carboxylic acids is 1.